The number of methoxy groups -OCH3 is 1. The number of hydrogen-bond acceptors (Lipinski definition) is 4. The van der Waals surface area contributed by atoms with Crippen LogP contribution in [0.1, 0.15) is 19.3 Å². The Hall–Kier alpha value is -2.38. The maximum absolute atomic E-state index is 13.0. The van der Waals surface area contributed by atoms with Gasteiger partial charge in [-0.1, -0.05) is 30.7 Å². The zero-order chi connectivity index (χ0) is 18.6. The molecule has 2 aromatic rings. The van der Waals surface area contributed by atoms with Crippen molar-refractivity contribution in [2.75, 3.05) is 19.0 Å². The summed E-state index contributed by atoms with van der Waals surface area (Å²) in [4.78, 5) is 13.0. The lowest BCUT2D eigenvalue weighted by atomic mass is 10.0. The second kappa shape index (κ2) is 7.88. The number of nitrogens with zero attached hydrogens (tertiary/aromatic N) is 1. The third-order valence-corrected chi connectivity index (χ3v) is 6.37. The molecule has 1 N–H and O–H groups in total. The number of ether oxygens (including phenoxy) is 1. The molecule has 1 aliphatic heterocycles. The Balaban J connectivity index is 1.83. The fourth-order valence-corrected chi connectivity index (χ4v) is 4.79. The molecule has 0 spiro atoms. The van der Waals surface area contributed by atoms with Gasteiger partial charge in [0, 0.05) is 18.3 Å². The van der Waals surface area contributed by atoms with Gasteiger partial charge >= 0.3 is 0 Å². The number of carbonyl (C=O) groups excluding carboxylic acids is 1. The Bertz CT molecular complexity index is 868. The van der Waals surface area contributed by atoms with E-state index >= 15 is 0 Å². The third-order valence-electron chi connectivity index (χ3n) is 4.44. The van der Waals surface area contributed by atoms with Crippen LogP contribution < -0.4 is 10.1 Å². The molecule has 7 heteroatoms. The van der Waals surface area contributed by atoms with Crippen molar-refractivity contribution in [3.05, 3.63) is 54.6 Å². The first-order valence-corrected chi connectivity index (χ1v) is 9.98. The summed E-state index contributed by atoms with van der Waals surface area (Å²) in [5.74, 6) is 0.303. The molecular weight excluding hydrogens is 352 g/mol. The minimum absolute atomic E-state index is 0.209. The molecule has 1 saturated heterocycles. The van der Waals surface area contributed by atoms with Crippen LogP contribution in [0.2, 0.25) is 0 Å². The van der Waals surface area contributed by atoms with Crippen LogP contribution in [0.5, 0.6) is 5.75 Å². The minimum Gasteiger partial charge on any atom is -0.497 e. The fraction of sp³-hybridized carbons (Fsp3) is 0.316. The number of sulfonamides is 1. The summed E-state index contributed by atoms with van der Waals surface area (Å²) < 4.78 is 32.4. The van der Waals surface area contributed by atoms with E-state index < -0.39 is 16.1 Å². The largest absolute Gasteiger partial charge is 0.497 e. The molecule has 1 aliphatic rings. The van der Waals surface area contributed by atoms with Gasteiger partial charge in [-0.2, -0.15) is 4.31 Å². The van der Waals surface area contributed by atoms with E-state index in [0.29, 0.717) is 24.4 Å². The summed E-state index contributed by atoms with van der Waals surface area (Å²) in [5, 5.41) is 2.81. The van der Waals surface area contributed by atoms with Crippen molar-refractivity contribution in [2.24, 2.45) is 0 Å². The van der Waals surface area contributed by atoms with Crippen LogP contribution >= 0.6 is 0 Å². The van der Waals surface area contributed by atoms with Gasteiger partial charge in [-0.25, -0.2) is 8.42 Å². The van der Waals surface area contributed by atoms with E-state index in [1.54, 1.807) is 61.7 Å². The fourth-order valence-electron chi connectivity index (χ4n) is 3.11. The third kappa shape index (κ3) is 3.89. The monoisotopic (exact) mass is 374 g/mol. The van der Waals surface area contributed by atoms with Crippen LogP contribution in [0.4, 0.5) is 5.69 Å². The van der Waals surface area contributed by atoms with Crippen molar-refractivity contribution in [3.8, 4) is 5.75 Å². The Morgan fingerprint density at radius 2 is 1.88 bits per heavy atom. The number of amides is 1. The van der Waals surface area contributed by atoms with Crippen molar-refractivity contribution in [1.29, 1.82) is 0 Å². The molecule has 6 nitrogen and oxygen atoms in total. The van der Waals surface area contributed by atoms with Gasteiger partial charge in [0.2, 0.25) is 15.9 Å². The topological polar surface area (TPSA) is 75.7 Å². The zero-order valence-corrected chi connectivity index (χ0v) is 15.4. The average molecular weight is 374 g/mol. The molecule has 3 rings (SSSR count). The molecule has 0 unspecified atom stereocenters. The van der Waals surface area contributed by atoms with Crippen LogP contribution in [0.15, 0.2) is 59.5 Å². The second-order valence-corrected chi connectivity index (χ2v) is 8.05. The summed E-state index contributed by atoms with van der Waals surface area (Å²) in [5.41, 5.74) is 0.581. The average Bonchev–Trinajstić information content (AvgIpc) is 2.68. The van der Waals surface area contributed by atoms with Crippen LogP contribution in [-0.4, -0.2) is 38.3 Å². The number of hydrogen-bond donors (Lipinski definition) is 1. The Kier molecular flexibility index (Phi) is 5.58. The predicted octanol–water partition coefficient (Wildman–Crippen LogP) is 2.88. The Labute approximate surface area is 153 Å². The molecule has 0 saturated carbocycles. The normalized spacial score (nSPS) is 18.3. The SMILES string of the molecule is COc1cccc(NC(=O)[C@@H]2CCCCN2S(=O)(=O)c2ccccc2)c1. The predicted molar refractivity (Wildman–Crippen MR) is 99.6 cm³/mol. The van der Waals surface area contributed by atoms with Crippen molar-refractivity contribution in [2.45, 2.75) is 30.2 Å². The minimum atomic E-state index is -3.71. The van der Waals surface area contributed by atoms with Crippen LogP contribution in [0, 0.1) is 0 Å². The van der Waals surface area contributed by atoms with Crippen molar-refractivity contribution in [3.63, 3.8) is 0 Å². The summed E-state index contributed by atoms with van der Waals surface area (Å²) in [7, 11) is -2.16. The highest BCUT2D eigenvalue weighted by molar-refractivity contribution is 7.89. The van der Waals surface area contributed by atoms with Crippen LogP contribution in [0.3, 0.4) is 0 Å². The highest BCUT2D eigenvalue weighted by Gasteiger charge is 2.37. The molecule has 2 aromatic carbocycles. The molecule has 1 amide bonds. The van der Waals surface area contributed by atoms with E-state index in [-0.39, 0.29) is 10.8 Å². The molecular formula is C19H22N2O4S. The lowest BCUT2D eigenvalue weighted by Crippen LogP contribution is -2.49. The van der Waals surface area contributed by atoms with Crippen molar-refractivity contribution in [1.82, 2.24) is 4.31 Å². The van der Waals surface area contributed by atoms with Crippen LogP contribution in [0.25, 0.3) is 0 Å². The molecule has 0 radical (unpaired) electrons. The van der Waals surface area contributed by atoms with E-state index in [2.05, 4.69) is 5.32 Å². The van der Waals surface area contributed by atoms with E-state index in [0.717, 1.165) is 12.8 Å². The molecule has 0 bridgehead atoms. The summed E-state index contributed by atoms with van der Waals surface area (Å²) >= 11 is 0. The number of anilines is 1. The quantitative estimate of drug-likeness (QED) is 0.873. The first-order valence-electron chi connectivity index (χ1n) is 8.54. The summed E-state index contributed by atoms with van der Waals surface area (Å²) in [6, 6.07) is 14.5. The Morgan fingerprint density at radius 3 is 2.62 bits per heavy atom. The van der Waals surface area contributed by atoms with Gasteiger partial charge < -0.3 is 10.1 Å². The lowest BCUT2D eigenvalue weighted by molar-refractivity contribution is -0.120. The number of piperidine rings is 1. The van der Waals surface area contributed by atoms with Crippen molar-refractivity contribution < 1.29 is 17.9 Å². The van der Waals surface area contributed by atoms with E-state index in [9.17, 15) is 13.2 Å². The highest BCUT2D eigenvalue weighted by atomic mass is 32.2. The van der Waals surface area contributed by atoms with Crippen molar-refractivity contribution >= 4 is 21.6 Å². The Morgan fingerprint density at radius 1 is 1.12 bits per heavy atom. The van der Waals surface area contributed by atoms with Gasteiger partial charge in [0.05, 0.1) is 12.0 Å². The van der Waals surface area contributed by atoms with Gasteiger partial charge in [-0.15, -0.1) is 0 Å². The smallest absolute Gasteiger partial charge is 0.243 e. The lowest BCUT2D eigenvalue weighted by Gasteiger charge is -2.33. The van der Waals surface area contributed by atoms with Gasteiger partial charge in [-0.05, 0) is 37.1 Å². The first kappa shape index (κ1) is 18.4. The maximum atomic E-state index is 13.0. The van der Waals surface area contributed by atoms with E-state index in [1.807, 2.05) is 0 Å². The molecule has 0 aromatic heterocycles. The van der Waals surface area contributed by atoms with E-state index in [4.69, 9.17) is 4.74 Å². The highest BCUT2D eigenvalue weighted by Crippen LogP contribution is 2.26. The molecule has 26 heavy (non-hydrogen) atoms. The summed E-state index contributed by atoms with van der Waals surface area (Å²) in [6.45, 7) is 0.341. The van der Waals surface area contributed by atoms with Crippen LogP contribution in [-0.2, 0) is 14.8 Å². The van der Waals surface area contributed by atoms with Gasteiger partial charge in [0.25, 0.3) is 0 Å². The molecule has 1 heterocycles. The van der Waals surface area contributed by atoms with Gasteiger partial charge in [0.15, 0.2) is 0 Å². The zero-order valence-electron chi connectivity index (χ0n) is 14.6. The maximum Gasteiger partial charge on any atom is 0.243 e. The summed E-state index contributed by atoms with van der Waals surface area (Å²) in [6.07, 6.45) is 2.06. The van der Waals surface area contributed by atoms with Gasteiger partial charge in [0.1, 0.15) is 11.8 Å². The van der Waals surface area contributed by atoms with E-state index in [1.165, 1.54) is 4.31 Å². The number of rotatable bonds is 5. The molecule has 1 atom stereocenters. The standard InChI is InChI=1S/C19H22N2O4S/c1-25-16-9-7-8-15(14-16)20-19(22)18-12-5-6-13-21(18)26(23,24)17-10-3-2-4-11-17/h2-4,7-11,14,18H,5-6,12-13H2,1H3,(H,20,22)/t18-/m0/s1. The second-order valence-electron chi connectivity index (χ2n) is 6.16. The number of benzene rings is 2. The molecule has 1 fully saturated rings. The first-order chi connectivity index (χ1) is 12.5. The number of carbonyl (C=O) groups is 1. The molecule has 138 valence electrons. The molecule has 0 aliphatic carbocycles. The van der Waals surface area contributed by atoms with Gasteiger partial charge in [-0.3, -0.25) is 4.79 Å². The number of nitrogens with one attached hydrogen (secondary N) is 1.